The first-order valence-electron chi connectivity index (χ1n) is 27.6. The summed E-state index contributed by atoms with van der Waals surface area (Å²) in [5.41, 5.74) is 0. The third-order valence-electron chi connectivity index (χ3n) is 12.0. The molecular formula is C57H105N2O7P. The number of hydrogen-bond acceptors (Lipinski definition) is 7. The number of carbonyl (C=O) groups is 2. The molecule has 0 heterocycles. The van der Waals surface area contributed by atoms with Crippen LogP contribution >= 0.6 is 7.82 Å². The lowest BCUT2D eigenvalue weighted by Crippen LogP contribution is -2.47. The number of phosphoric acid groups is 1. The summed E-state index contributed by atoms with van der Waals surface area (Å²) in [6.45, 7) is 6.76. The van der Waals surface area contributed by atoms with Crippen molar-refractivity contribution in [1.29, 1.82) is 0 Å². The molecule has 0 bridgehead atoms. The number of nitrogens with zero attached hydrogens (tertiary/aromatic N) is 1. The molecule has 0 aromatic heterocycles. The average molecular weight is 961 g/mol. The number of carbonyl (C=O) groups excluding carboxylic acids is 2. The topological polar surface area (TPSA) is 114 Å². The molecule has 67 heavy (non-hydrogen) atoms. The van der Waals surface area contributed by atoms with Crippen molar-refractivity contribution in [1.82, 2.24) is 5.32 Å². The summed E-state index contributed by atoms with van der Waals surface area (Å²) in [6.07, 6.45) is 57.6. The lowest BCUT2D eigenvalue weighted by atomic mass is 10.0. The molecule has 1 N–H and O–H groups in total. The molecular weight excluding hydrogens is 856 g/mol. The monoisotopic (exact) mass is 961 g/mol. The van der Waals surface area contributed by atoms with Gasteiger partial charge in [0.05, 0.1) is 33.8 Å². The smallest absolute Gasteiger partial charge is 0.306 e. The number of esters is 1. The molecule has 0 aliphatic rings. The van der Waals surface area contributed by atoms with Gasteiger partial charge in [0.25, 0.3) is 7.82 Å². The van der Waals surface area contributed by atoms with E-state index in [1.165, 1.54) is 122 Å². The molecule has 1 amide bonds. The zero-order valence-electron chi connectivity index (χ0n) is 44.3. The third-order valence-corrected chi connectivity index (χ3v) is 12.9. The largest absolute Gasteiger partial charge is 0.756 e. The minimum atomic E-state index is -4.70. The minimum absolute atomic E-state index is 0.0294. The first-order valence-corrected chi connectivity index (χ1v) is 29.1. The number of ether oxygens (including phenoxy) is 1. The first-order chi connectivity index (χ1) is 32.4. The number of amides is 1. The van der Waals surface area contributed by atoms with Crippen LogP contribution < -0.4 is 10.2 Å². The molecule has 0 saturated heterocycles. The van der Waals surface area contributed by atoms with Crippen LogP contribution in [0.5, 0.6) is 0 Å². The number of hydrogen-bond donors (Lipinski definition) is 1. The van der Waals surface area contributed by atoms with Crippen LogP contribution in [0.15, 0.2) is 60.8 Å². The van der Waals surface area contributed by atoms with Gasteiger partial charge in [-0.25, -0.2) is 0 Å². The van der Waals surface area contributed by atoms with Gasteiger partial charge in [-0.3, -0.25) is 14.2 Å². The second kappa shape index (κ2) is 47.4. The van der Waals surface area contributed by atoms with Gasteiger partial charge < -0.3 is 28.5 Å². The normalized spacial score (nSPS) is 14.3. The Kier molecular flexibility index (Phi) is 45.8. The molecule has 390 valence electrons. The number of allylic oxidation sites excluding steroid dienone is 9. The lowest BCUT2D eigenvalue weighted by molar-refractivity contribution is -0.870. The molecule has 0 saturated carbocycles. The highest BCUT2D eigenvalue weighted by Gasteiger charge is 2.27. The third kappa shape index (κ3) is 48.5. The van der Waals surface area contributed by atoms with E-state index in [2.05, 4.69) is 74.7 Å². The lowest BCUT2D eigenvalue weighted by Gasteiger charge is -2.30. The minimum Gasteiger partial charge on any atom is -0.756 e. The molecule has 0 spiro atoms. The highest BCUT2D eigenvalue weighted by atomic mass is 31.2. The van der Waals surface area contributed by atoms with Crippen LogP contribution in [-0.4, -0.2) is 69.4 Å². The second-order valence-electron chi connectivity index (χ2n) is 19.7. The van der Waals surface area contributed by atoms with E-state index >= 15 is 0 Å². The Morgan fingerprint density at radius 3 is 1.40 bits per heavy atom. The van der Waals surface area contributed by atoms with Crippen molar-refractivity contribution in [2.75, 3.05) is 40.9 Å². The van der Waals surface area contributed by atoms with E-state index in [-0.39, 0.29) is 31.3 Å². The number of phosphoric ester groups is 1. The van der Waals surface area contributed by atoms with E-state index in [1.807, 2.05) is 33.3 Å². The Bertz CT molecular complexity index is 1340. The Morgan fingerprint density at radius 1 is 0.522 bits per heavy atom. The van der Waals surface area contributed by atoms with Crippen LogP contribution in [-0.2, 0) is 27.9 Å². The predicted molar refractivity (Wildman–Crippen MR) is 284 cm³/mol. The zero-order chi connectivity index (χ0) is 49.4. The summed E-state index contributed by atoms with van der Waals surface area (Å²) < 4.78 is 30.1. The van der Waals surface area contributed by atoms with Crippen LogP contribution in [0.4, 0.5) is 0 Å². The number of likely N-dealkylation sites (N-methyl/N-ethyl adjacent to an activating group) is 1. The molecule has 0 aliphatic heterocycles. The maximum absolute atomic E-state index is 13.4. The summed E-state index contributed by atoms with van der Waals surface area (Å²) in [5, 5.41) is 3.00. The van der Waals surface area contributed by atoms with E-state index in [1.54, 1.807) is 0 Å². The van der Waals surface area contributed by atoms with Gasteiger partial charge in [-0.15, -0.1) is 0 Å². The van der Waals surface area contributed by atoms with Crippen molar-refractivity contribution in [3.8, 4) is 0 Å². The molecule has 0 aromatic rings. The van der Waals surface area contributed by atoms with Crippen molar-refractivity contribution in [2.24, 2.45) is 0 Å². The molecule has 9 nitrogen and oxygen atoms in total. The highest BCUT2D eigenvalue weighted by Crippen LogP contribution is 2.38. The maximum atomic E-state index is 13.4. The number of rotatable bonds is 49. The highest BCUT2D eigenvalue weighted by molar-refractivity contribution is 7.45. The Hall–Kier alpha value is -2.29. The molecule has 0 radical (unpaired) electrons. The quantitative estimate of drug-likeness (QED) is 0.0212. The fourth-order valence-corrected chi connectivity index (χ4v) is 8.34. The first kappa shape index (κ1) is 64.7. The molecule has 0 fully saturated rings. The molecule has 0 aromatic carbocycles. The van der Waals surface area contributed by atoms with E-state index in [0.717, 1.165) is 77.0 Å². The van der Waals surface area contributed by atoms with Crippen LogP contribution in [0.2, 0.25) is 0 Å². The van der Waals surface area contributed by atoms with Gasteiger partial charge in [0, 0.05) is 12.8 Å². The molecule has 3 unspecified atom stereocenters. The van der Waals surface area contributed by atoms with E-state index in [9.17, 15) is 19.0 Å². The number of unbranched alkanes of at least 4 members (excludes halogenated alkanes) is 25. The maximum Gasteiger partial charge on any atom is 0.306 e. The molecule has 0 rings (SSSR count). The summed E-state index contributed by atoms with van der Waals surface area (Å²) in [7, 11) is 1.16. The van der Waals surface area contributed by atoms with Crippen LogP contribution in [0, 0.1) is 0 Å². The van der Waals surface area contributed by atoms with Gasteiger partial charge >= 0.3 is 5.97 Å². The standard InChI is InChI=1S/C57H105N2O7P/c1-7-10-13-16-19-22-25-26-27-28-29-30-31-32-35-37-40-43-46-49-56(60)58-54(53-65-67(62,63)64-52-51-59(4,5)6)55(48-45-42-39-36-33-23-20-17-14-11-8-2)66-57(61)50-47-44-41-38-34-24-21-18-15-12-9-3/h19,22,26-27,29-30,32,35,45,48,54-55H,7-18,20-21,23-25,28,31,33-34,36-44,46-47,49-53H2,1-6H3,(H-,58,60,62,63)/b22-19-,27-26-,30-29-,35-32-,48-45-. The summed E-state index contributed by atoms with van der Waals surface area (Å²) in [5.74, 6) is -0.578. The van der Waals surface area contributed by atoms with E-state index in [4.69, 9.17) is 13.8 Å². The SMILES string of the molecule is CCCCC/C=C\C/C=C\C/C=C\C/C=C\CCCCCC(=O)NC(COP(=O)([O-])OCC[N+](C)(C)C)C(/C=C\CCCCCCCCCCC)OC(=O)CCCCCCCCCCCCC. The van der Waals surface area contributed by atoms with E-state index in [0.29, 0.717) is 17.4 Å². The molecule has 3 atom stereocenters. The Balaban J connectivity index is 5.38. The van der Waals surface area contributed by atoms with Crippen molar-refractivity contribution in [2.45, 2.75) is 251 Å². The summed E-state index contributed by atoms with van der Waals surface area (Å²) in [6, 6.07) is -0.902. The average Bonchev–Trinajstić information content (AvgIpc) is 3.28. The second-order valence-corrected chi connectivity index (χ2v) is 21.1. The number of quaternary nitrogens is 1. The van der Waals surface area contributed by atoms with Crippen molar-refractivity contribution in [3.05, 3.63) is 60.8 Å². The van der Waals surface area contributed by atoms with Gasteiger partial charge in [-0.1, -0.05) is 210 Å². The van der Waals surface area contributed by atoms with Gasteiger partial charge in [-0.2, -0.15) is 0 Å². The Labute approximate surface area is 413 Å². The number of nitrogens with one attached hydrogen (secondary N) is 1. The van der Waals surface area contributed by atoms with E-state index < -0.39 is 26.6 Å². The summed E-state index contributed by atoms with van der Waals surface area (Å²) >= 11 is 0. The van der Waals surface area contributed by atoms with Crippen molar-refractivity contribution >= 4 is 19.7 Å². The Morgan fingerprint density at radius 2 is 0.910 bits per heavy atom. The van der Waals surface area contributed by atoms with Crippen molar-refractivity contribution in [3.63, 3.8) is 0 Å². The van der Waals surface area contributed by atoms with Crippen LogP contribution in [0.25, 0.3) is 0 Å². The van der Waals surface area contributed by atoms with Crippen LogP contribution in [0.3, 0.4) is 0 Å². The van der Waals surface area contributed by atoms with Gasteiger partial charge in [0.2, 0.25) is 5.91 Å². The van der Waals surface area contributed by atoms with Gasteiger partial charge in [0.15, 0.2) is 0 Å². The van der Waals surface area contributed by atoms with Crippen LogP contribution in [0.1, 0.15) is 239 Å². The fourth-order valence-electron chi connectivity index (χ4n) is 7.62. The molecule has 10 heteroatoms. The van der Waals surface area contributed by atoms with Gasteiger partial charge in [-0.05, 0) is 76.7 Å². The van der Waals surface area contributed by atoms with Crippen molar-refractivity contribution < 1.29 is 37.3 Å². The molecule has 0 aliphatic carbocycles. The predicted octanol–water partition coefficient (Wildman–Crippen LogP) is 15.7. The fraction of sp³-hybridized carbons (Fsp3) is 0.789. The summed E-state index contributed by atoms with van der Waals surface area (Å²) in [4.78, 5) is 39.7. The zero-order valence-corrected chi connectivity index (χ0v) is 45.2. The van der Waals surface area contributed by atoms with Gasteiger partial charge in [0.1, 0.15) is 19.3 Å².